The predicted molar refractivity (Wildman–Crippen MR) is 90.1 cm³/mol. The molecule has 20 heavy (non-hydrogen) atoms. The Labute approximate surface area is 131 Å². The highest BCUT2D eigenvalue weighted by atomic mass is 79.9. The number of pyridine rings is 1. The number of aromatic nitrogens is 1. The minimum absolute atomic E-state index is 0.522. The van der Waals surface area contributed by atoms with Crippen LogP contribution < -0.4 is 10.6 Å². The number of nitrogens with two attached hydrogens (primary N) is 1. The lowest BCUT2D eigenvalue weighted by Crippen LogP contribution is -2.31. The van der Waals surface area contributed by atoms with Gasteiger partial charge in [-0.05, 0) is 55.0 Å². The van der Waals surface area contributed by atoms with Crippen LogP contribution in [-0.2, 0) is 6.54 Å². The highest BCUT2D eigenvalue weighted by Crippen LogP contribution is 2.21. The predicted octanol–water partition coefficient (Wildman–Crippen LogP) is 2.86. The number of halogens is 1. The van der Waals surface area contributed by atoms with E-state index in [0.717, 1.165) is 55.0 Å². The first-order valence-corrected chi connectivity index (χ1v) is 8.27. The molecule has 2 N–H and O–H groups in total. The van der Waals surface area contributed by atoms with Crippen molar-refractivity contribution in [2.45, 2.75) is 33.7 Å². The molecule has 0 radical (unpaired) electrons. The monoisotopic (exact) mass is 342 g/mol. The summed E-state index contributed by atoms with van der Waals surface area (Å²) in [6.45, 7) is 12.5. The molecule has 0 spiro atoms. The van der Waals surface area contributed by atoms with Crippen molar-refractivity contribution in [2.75, 3.05) is 37.6 Å². The molecule has 0 aliphatic heterocycles. The van der Waals surface area contributed by atoms with Gasteiger partial charge >= 0.3 is 0 Å². The Kier molecular flexibility index (Phi) is 8.11. The van der Waals surface area contributed by atoms with E-state index in [1.165, 1.54) is 0 Å². The lowest BCUT2D eigenvalue weighted by atomic mass is 10.2. The lowest BCUT2D eigenvalue weighted by molar-refractivity contribution is 0.300. The van der Waals surface area contributed by atoms with Crippen LogP contribution in [0.25, 0.3) is 0 Å². The van der Waals surface area contributed by atoms with E-state index >= 15 is 0 Å². The molecular weight excluding hydrogens is 316 g/mol. The molecule has 0 saturated heterocycles. The number of anilines is 1. The summed E-state index contributed by atoms with van der Waals surface area (Å²) in [6.07, 6.45) is 3.00. The van der Waals surface area contributed by atoms with Crippen LogP contribution in [0.5, 0.6) is 0 Å². The quantitative estimate of drug-likeness (QED) is 0.749. The van der Waals surface area contributed by atoms with Gasteiger partial charge in [-0.2, -0.15) is 0 Å². The molecule has 0 amide bonds. The van der Waals surface area contributed by atoms with Crippen LogP contribution in [0.4, 0.5) is 5.82 Å². The molecule has 0 aliphatic carbocycles. The minimum Gasteiger partial charge on any atom is -0.357 e. The molecule has 1 aromatic rings. The van der Waals surface area contributed by atoms with Crippen molar-refractivity contribution < 1.29 is 0 Å². The van der Waals surface area contributed by atoms with Crippen molar-refractivity contribution >= 4 is 21.7 Å². The lowest BCUT2D eigenvalue weighted by Gasteiger charge is -2.26. The zero-order chi connectivity index (χ0) is 15.0. The Balaban J connectivity index is 2.66. The van der Waals surface area contributed by atoms with Crippen LogP contribution >= 0.6 is 15.9 Å². The van der Waals surface area contributed by atoms with E-state index in [0.29, 0.717) is 6.54 Å². The van der Waals surface area contributed by atoms with Gasteiger partial charge < -0.3 is 15.5 Å². The van der Waals surface area contributed by atoms with Crippen molar-refractivity contribution in [3.05, 3.63) is 22.3 Å². The molecule has 1 rings (SSSR count). The third kappa shape index (κ3) is 5.04. The SMILES string of the molecule is CCN(CC)CCCN(CC)c1ncc(Br)cc1CN. The van der Waals surface area contributed by atoms with Crippen LogP contribution in [0.3, 0.4) is 0 Å². The average molecular weight is 343 g/mol. The summed E-state index contributed by atoms with van der Waals surface area (Å²) >= 11 is 3.46. The van der Waals surface area contributed by atoms with Crippen LogP contribution in [0.2, 0.25) is 0 Å². The van der Waals surface area contributed by atoms with E-state index in [1.807, 2.05) is 6.20 Å². The van der Waals surface area contributed by atoms with Gasteiger partial charge in [-0.1, -0.05) is 13.8 Å². The average Bonchev–Trinajstić information content (AvgIpc) is 2.48. The maximum atomic E-state index is 5.84. The molecular formula is C15H27BrN4. The molecule has 4 nitrogen and oxygen atoms in total. The van der Waals surface area contributed by atoms with Gasteiger partial charge in [0.1, 0.15) is 5.82 Å². The summed E-state index contributed by atoms with van der Waals surface area (Å²) in [5.41, 5.74) is 6.94. The Morgan fingerprint density at radius 1 is 1.15 bits per heavy atom. The number of rotatable bonds is 9. The fourth-order valence-corrected chi connectivity index (χ4v) is 2.73. The molecule has 1 aromatic heterocycles. The summed E-state index contributed by atoms with van der Waals surface area (Å²) in [7, 11) is 0. The van der Waals surface area contributed by atoms with Gasteiger partial charge in [0.05, 0.1) is 0 Å². The number of hydrogen-bond acceptors (Lipinski definition) is 4. The third-order valence-electron chi connectivity index (χ3n) is 3.61. The molecule has 0 aliphatic rings. The van der Waals surface area contributed by atoms with E-state index in [9.17, 15) is 0 Å². The minimum atomic E-state index is 0.522. The highest BCUT2D eigenvalue weighted by Gasteiger charge is 2.11. The summed E-state index contributed by atoms with van der Waals surface area (Å²) in [6, 6.07) is 2.06. The normalized spacial score (nSPS) is 11.1. The Morgan fingerprint density at radius 3 is 2.40 bits per heavy atom. The van der Waals surface area contributed by atoms with Crippen molar-refractivity contribution in [3.8, 4) is 0 Å². The highest BCUT2D eigenvalue weighted by molar-refractivity contribution is 9.10. The van der Waals surface area contributed by atoms with Gasteiger partial charge in [0.2, 0.25) is 0 Å². The Bertz CT molecular complexity index is 393. The fraction of sp³-hybridized carbons (Fsp3) is 0.667. The largest absolute Gasteiger partial charge is 0.357 e. The maximum Gasteiger partial charge on any atom is 0.133 e. The molecule has 0 bridgehead atoms. The second kappa shape index (κ2) is 9.32. The van der Waals surface area contributed by atoms with E-state index in [-0.39, 0.29) is 0 Å². The standard InChI is InChI=1S/C15H27BrN4/c1-4-19(5-2)8-7-9-20(6-3)15-13(11-17)10-14(16)12-18-15/h10,12H,4-9,11,17H2,1-3H3. The van der Waals surface area contributed by atoms with Crippen LogP contribution in [0, 0.1) is 0 Å². The topological polar surface area (TPSA) is 45.4 Å². The van der Waals surface area contributed by atoms with E-state index < -0.39 is 0 Å². The molecule has 0 unspecified atom stereocenters. The number of hydrogen-bond donors (Lipinski definition) is 1. The zero-order valence-electron chi connectivity index (χ0n) is 12.9. The summed E-state index contributed by atoms with van der Waals surface area (Å²) in [4.78, 5) is 9.31. The first kappa shape index (κ1) is 17.4. The first-order chi connectivity index (χ1) is 9.65. The van der Waals surface area contributed by atoms with Crippen molar-refractivity contribution in [1.29, 1.82) is 0 Å². The van der Waals surface area contributed by atoms with Crippen molar-refractivity contribution in [2.24, 2.45) is 5.73 Å². The molecule has 0 saturated carbocycles. The van der Waals surface area contributed by atoms with Gasteiger partial charge in [0, 0.05) is 35.9 Å². The van der Waals surface area contributed by atoms with Crippen LogP contribution in [0.1, 0.15) is 32.8 Å². The van der Waals surface area contributed by atoms with Gasteiger partial charge in [0.25, 0.3) is 0 Å². The van der Waals surface area contributed by atoms with Crippen molar-refractivity contribution in [1.82, 2.24) is 9.88 Å². The molecule has 1 heterocycles. The van der Waals surface area contributed by atoms with Gasteiger partial charge in [0.15, 0.2) is 0 Å². The van der Waals surface area contributed by atoms with Gasteiger partial charge in [-0.25, -0.2) is 4.98 Å². The Morgan fingerprint density at radius 2 is 1.85 bits per heavy atom. The van der Waals surface area contributed by atoms with E-state index in [2.05, 4.69) is 57.6 Å². The second-order valence-electron chi connectivity index (χ2n) is 4.80. The Hall–Kier alpha value is -0.650. The third-order valence-corrected chi connectivity index (χ3v) is 4.04. The van der Waals surface area contributed by atoms with Crippen molar-refractivity contribution in [3.63, 3.8) is 0 Å². The fourth-order valence-electron chi connectivity index (χ4n) is 2.35. The van der Waals surface area contributed by atoms with Gasteiger partial charge in [-0.3, -0.25) is 0 Å². The second-order valence-corrected chi connectivity index (χ2v) is 5.72. The van der Waals surface area contributed by atoms with E-state index in [1.54, 1.807) is 0 Å². The van der Waals surface area contributed by atoms with E-state index in [4.69, 9.17) is 5.73 Å². The van der Waals surface area contributed by atoms with Crippen LogP contribution in [-0.4, -0.2) is 42.6 Å². The summed E-state index contributed by atoms with van der Waals surface area (Å²) < 4.78 is 0.987. The maximum absolute atomic E-state index is 5.84. The zero-order valence-corrected chi connectivity index (χ0v) is 14.5. The molecule has 5 heteroatoms. The molecule has 114 valence electrons. The first-order valence-electron chi connectivity index (χ1n) is 7.47. The molecule has 0 aromatic carbocycles. The van der Waals surface area contributed by atoms with Gasteiger partial charge in [-0.15, -0.1) is 0 Å². The summed E-state index contributed by atoms with van der Waals surface area (Å²) in [5.74, 6) is 1.03. The number of nitrogens with zero attached hydrogens (tertiary/aromatic N) is 3. The molecule has 0 atom stereocenters. The van der Waals surface area contributed by atoms with Crippen LogP contribution in [0.15, 0.2) is 16.7 Å². The smallest absolute Gasteiger partial charge is 0.133 e. The summed E-state index contributed by atoms with van der Waals surface area (Å²) in [5, 5.41) is 0. The molecule has 0 fully saturated rings.